The van der Waals surface area contributed by atoms with Crippen molar-refractivity contribution in [3.05, 3.63) is 0 Å². The van der Waals surface area contributed by atoms with Gasteiger partial charge in [-0.25, -0.2) is 0 Å². The molecule has 0 heterocycles. The SMILES string of the molecule is CCCC(=O)NCCCNC(=O)CCC(C)=O. The van der Waals surface area contributed by atoms with Crippen molar-refractivity contribution in [2.24, 2.45) is 0 Å². The van der Waals surface area contributed by atoms with E-state index in [4.69, 9.17) is 0 Å². The topological polar surface area (TPSA) is 75.3 Å². The highest BCUT2D eigenvalue weighted by Gasteiger charge is 2.02. The summed E-state index contributed by atoms with van der Waals surface area (Å²) in [5.74, 6) is -0.0394. The molecule has 98 valence electrons. The maximum absolute atomic E-state index is 11.2. The number of amides is 2. The van der Waals surface area contributed by atoms with Gasteiger partial charge < -0.3 is 15.4 Å². The number of Topliss-reactive ketones (excluding diaryl/α,β-unsaturated/α-hetero) is 1. The predicted molar refractivity (Wildman–Crippen MR) is 65.5 cm³/mol. The van der Waals surface area contributed by atoms with Crippen LogP contribution in [-0.2, 0) is 14.4 Å². The van der Waals surface area contributed by atoms with Crippen molar-refractivity contribution < 1.29 is 14.4 Å². The Labute approximate surface area is 102 Å². The van der Waals surface area contributed by atoms with Crippen molar-refractivity contribution in [2.75, 3.05) is 13.1 Å². The second-order valence-electron chi connectivity index (χ2n) is 4.01. The highest BCUT2D eigenvalue weighted by atomic mass is 16.2. The van der Waals surface area contributed by atoms with Crippen LogP contribution in [0, 0.1) is 0 Å². The Hall–Kier alpha value is -1.39. The van der Waals surface area contributed by atoms with Gasteiger partial charge in [0.2, 0.25) is 11.8 Å². The fourth-order valence-corrected chi connectivity index (χ4v) is 1.24. The lowest BCUT2D eigenvalue weighted by molar-refractivity contribution is -0.124. The molecule has 0 unspecified atom stereocenters. The van der Waals surface area contributed by atoms with Crippen molar-refractivity contribution in [3.8, 4) is 0 Å². The van der Waals surface area contributed by atoms with Gasteiger partial charge in [0.15, 0.2) is 0 Å². The van der Waals surface area contributed by atoms with E-state index < -0.39 is 0 Å². The molecule has 0 aliphatic carbocycles. The van der Waals surface area contributed by atoms with Crippen molar-refractivity contribution >= 4 is 17.6 Å². The summed E-state index contributed by atoms with van der Waals surface area (Å²) < 4.78 is 0. The molecule has 0 aliphatic rings. The van der Waals surface area contributed by atoms with Crippen LogP contribution in [-0.4, -0.2) is 30.7 Å². The molecule has 0 radical (unpaired) electrons. The smallest absolute Gasteiger partial charge is 0.220 e. The van der Waals surface area contributed by atoms with Crippen LogP contribution in [0.25, 0.3) is 0 Å². The van der Waals surface area contributed by atoms with Gasteiger partial charge in [0.05, 0.1) is 0 Å². The first-order valence-electron chi connectivity index (χ1n) is 6.09. The third-order valence-electron chi connectivity index (χ3n) is 2.18. The second kappa shape index (κ2) is 9.81. The molecule has 0 bridgehead atoms. The molecule has 0 fully saturated rings. The van der Waals surface area contributed by atoms with Crippen LogP contribution in [0.1, 0.15) is 46.0 Å². The van der Waals surface area contributed by atoms with E-state index in [0.29, 0.717) is 32.4 Å². The summed E-state index contributed by atoms with van der Waals surface area (Å²) in [5, 5.41) is 5.46. The van der Waals surface area contributed by atoms with Crippen LogP contribution < -0.4 is 10.6 Å². The Bertz CT molecular complexity index is 264. The largest absolute Gasteiger partial charge is 0.356 e. The van der Waals surface area contributed by atoms with Gasteiger partial charge in [-0.2, -0.15) is 0 Å². The lowest BCUT2D eigenvalue weighted by Crippen LogP contribution is -2.29. The fourth-order valence-electron chi connectivity index (χ4n) is 1.24. The summed E-state index contributed by atoms with van der Waals surface area (Å²) in [6.07, 6.45) is 2.64. The molecule has 17 heavy (non-hydrogen) atoms. The van der Waals surface area contributed by atoms with Gasteiger partial charge in [-0.1, -0.05) is 6.92 Å². The van der Waals surface area contributed by atoms with Gasteiger partial charge in [0.1, 0.15) is 5.78 Å². The standard InChI is InChI=1S/C12H22N2O3/c1-3-5-11(16)13-8-4-9-14-12(17)7-6-10(2)15/h3-9H2,1-2H3,(H,13,16)(H,14,17). The number of nitrogens with one attached hydrogen (secondary N) is 2. The maximum atomic E-state index is 11.2. The Balaban J connectivity index is 3.36. The van der Waals surface area contributed by atoms with Gasteiger partial charge in [-0.05, 0) is 19.8 Å². The molecule has 5 nitrogen and oxygen atoms in total. The van der Waals surface area contributed by atoms with E-state index in [-0.39, 0.29) is 24.0 Å². The fraction of sp³-hybridized carbons (Fsp3) is 0.750. The Kier molecular flexibility index (Phi) is 9.01. The Morgan fingerprint density at radius 3 is 1.88 bits per heavy atom. The van der Waals surface area contributed by atoms with E-state index in [0.717, 1.165) is 6.42 Å². The first-order valence-corrected chi connectivity index (χ1v) is 6.09. The van der Waals surface area contributed by atoms with Crippen LogP contribution >= 0.6 is 0 Å². The third-order valence-corrected chi connectivity index (χ3v) is 2.18. The first-order chi connectivity index (χ1) is 8.06. The molecule has 0 saturated heterocycles. The van der Waals surface area contributed by atoms with Crippen molar-refractivity contribution in [2.45, 2.75) is 46.0 Å². The molecule has 2 N–H and O–H groups in total. The average molecular weight is 242 g/mol. The maximum Gasteiger partial charge on any atom is 0.220 e. The number of carbonyl (C=O) groups excluding carboxylic acids is 3. The van der Waals surface area contributed by atoms with E-state index >= 15 is 0 Å². The highest BCUT2D eigenvalue weighted by molar-refractivity contribution is 5.83. The number of hydrogen-bond donors (Lipinski definition) is 2. The van der Waals surface area contributed by atoms with E-state index in [1.807, 2.05) is 6.92 Å². The Morgan fingerprint density at radius 2 is 1.41 bits per heavy atom. The van der Waals surface area contributed by atoms with Crippen LogP contribution in [0.2, 0.25) is 0 Å². The monoisotopic (exact) mass is 242 g/mol. The second-order valence-corrected chi connectivity index (χ2v) is 4.01. The van der Waals surface area contributed by atoms with E-state index in [1.165, 1.54) is 6.92 Å². The number of carbonyl (C=O) groups is 3. The van der Waals surface area contributed by atoms with Crippen LogP contribution in [0.15, 0.2) is 0 Å². The Morgan fingerprint density at radius 1 is 0.882 bits per heavy atom. The van der Waals surface area contributed by atoms with Crippen molar-refractivity contribution in [1.82, 2.24) is 10.6 Å². The van der Waals surface area contributed by atoms with Gasteiger partial charge in [-0.3, -0.25) is 9.59 Å². The molecule has 0 aromatic heterocycles. The van der Waals surface area contributed by atoms with Gasteiger partial charge in [0.25, 0.3) is 0 Å². The van der Waals surface area contributed by atoms with Crippen LogP contribution in [0.3, 0.4) is 0 Å². The molecule has 0 aliphatic heterocycles. The lowest BCUT2D eigenvalue weighted by atomic mass is 10.2. The summed E-state index contributed by atoms with van der Waals surface area (Å²) in [7, 11) is 0. The van der Waals surface area contributed by atoms with Gasteiger partial charge in [-0.15, -0.1) is 0 Å². The first kappa shape index (κ1) is 15.6. The summed E-state index contributed by atoms with van der Waals surface area (Å²) in [6, 6.07) is 0. The van der Waals surface area contributed by atoms with Crippen LogP contribution in [0.5, 0.6) is 0 Å². The zero-order valence-electron chi connectivity index (χ0n) is 10.7. The average Bonchev–Trinajstić information content (AvgIpc) is 2.26. The highest BCUT2D eigenvalue weighted by Crippen LogP contribution is 1.90. The molecular weight excluding hydrogens is 220 g/mol. The third kappa shape index (κ3) is 10.9. The van der Waals surface area contributed by atoms with Gasteiger partial charge in [0, 0.05) is 32.4 Å². The van der Waals surface area contributed by atoms with Gasteiger partial charge >= 0.3 is 0 Å². The molecule has 0 aromatic rings. The van der Waals surface area contributed by atoms with Crippen molar-refractivity contribution in [3.63, 3.8) is 0 Å². The van der Waals surface area contributed by atoms with Crippen molar-refractivity contribution in [1.29, 1.82) is 0 Å². The molecule has 0 saturated carbocycles. The van der Waals surface area contributed by atoms with E-state index in [2.05, 4.69) is 10.6 Å². The van der Waals surface area contributed by atoms with E-state index in [1.54, 1.807) is 0 Å². The molecule has 0 spiro atoms. The number of hydrogen-bond acceptors (Lipinski definition) is 3. The number of ketones is 1. The molecule has 2 amide bonds. The number of rotatable bonds is 9. The molecule has 5 heteroatoms. The predicted octanol–water partition coefficient (Wildman–Crippen LogP) is 0.778. The molecule has 0 atom stereocenters. The molecule has 0 aromatic carbocycles. The summed E-state index contributed by atoms with van der Waals surface area (Å²) in [4.78, 5) is 32.9. The summed E-state index contributed by atoms with van der Waals surface area (Å²) >= 11 is 0. The summed E-state index contributed by atoms with van der Waals surface area (Å²) in [6.45, 7) is 4.53. The normalized spacial score (nSPS) is 9.76. The summed E-state index contributed by atoms with van der Waals surface area (Å²) in [5.41, 5.74) is 0. The minimum atomic E-state index is -0.111. The molecular formula is C12H22N2O3. The zero-order valence-corrected chi connectivity index (χ0v) is 10.7. The quantitative estimate of drug-likeness (QED) is 0.587. The zero-order chi connectivity index (χ0) is 13.1. The molecule has 0 rings (SSSR count). The minimum Gasteiger partial charge on any atom is -0.356 e. The lowest BCUT2D eigenvalue weighted by Gasteiger charge is -2.05. The van der Waals surface area contributed by atoms with Crippen LogP contribution in [0.4, 0.5) is 0 Å². The van der Waals surface area contributed by atoms with E-state index in [9.17, 15) is 14.4 Å². The minimum absolute atomic E-state index is 0.0204.